The lowest BCUT2D eigenvalue weighted by atomic mass is 10.0. The van der Waals surface area contributed by atoms with Crippen molar-refractivity contribution in [3.8, 4) is 11.5 Å². The molecule has 0 spiro atoms. The van der Waals surface area contributed by atoms with Crippen LogP contribution in [-0.2, 0) is 11.4 Å². The smallest absolute Gasteiger partial charge is 0.262 e. The van der Waals surface area contributed by atoms with E-state index in [4.69, 9.17) is 21.1 Å². The normalized spacial score (nSPS) is 11.9. The Balaban J connectivity index is 1.38. The number of hydrazone groups is 1. The molecular formula is C31H30ClN3O4. The lowest BCUT2D eigenvalue weighted by Gasteiger charge is -2.20. The fourth-order valence-electron chi connectivity index (χ4n) is 4.09. The molecule has 4 aromatic carbocycles. The van der Waals surface area contributed by atoms with Crippen molar-refractivity contribution in [2.45, 2.75) is 26.5 Å². The molecule has 8 heteroatoms. The second-order valence-corrected chi connectivity index (χ2v) is 9.71. The Morgan fingerprint density at radius 3 is 2.49 bits per heavy atom. The van der Waals surface area contributed by atoms with E-state index in [1.54, 1.807) is 43.5 Å². The molecule has 0 fully saturated rings. The van der Waals surface area contributed by atoms with Gasteiger partial charge in [0.25, 0.3) is 11.8 Å². The van der Waals surface area contributed by atoms with E-state index in [0.29, 0.717) is 34.3 Å². The number of rotatable bonds is 10. The molecule has 0 aromatic heterocycles. The number of hydrogen-bond donors (Lipinski definition) is 2. The van der Waals surface area contributed by atoms with Crippen LogP contribution in [-0.4, -0.2) is 31.2 Å². The first-order valence-electron chi connectivity index (χ1n) is 12.5. The summed E-state index contributed by atoms with van der Waals surface area (Å²) in [4.78, 5) is 25.4. The number of fused-ring (bicyclic) bond motifs is 1. The van der Waals surface area contributed by atoms with E-state index in [1.807, 2.05) is 44.2 Å². The summed E-state index contributed by atoms with van der Waals surface area (Å²) in [6.07, 6.45) is 1.51. The summed E-state index contributed by atoms with van der Waals surface area (Å²) in [7, 11) is 1.57. The maximum absolute atomic E-state index is 12.8. The fraction of sp³-hybridized carbons (Fsp3) is 0.194. The van der Waals surface area contributed by atoms with Crippen LogP contribution in [0.4, 0.5) is 0 Å². The van der Waals surface area contributed by atoms with E-state index in [2.05, 4.69) is 34.0 Å². The van der Waals surface area contributed by atoms with Crippen LogP contribution >= 0.6 is 11.6 Å². The Morgan fingerprint density at radius 2 is 1.72 bits per heavy atom. The fourth-order valence-corrected chi connectivity index (χ4v) is 4.28. The summed E-state index contributed by atoms with van der Waals surface area (Å²) in [5.74, 6) is 0.147. The third kappa shape index (κ3) is 7.15. The van der Waals surface area contributed by atoms with Gasteiger partial charge < -0.3 is 14.8 Å². The molecule has 0 radical (unpaired) electrons. The zero-order valence-corrected chi connectivity index (χ0v) is 22.7. The van der Waals surface area contributed by atoms with Crippen LogP contribution in [0.25, 0.3) is 10.8 Å². The summed E-state index contributed by atoms with van der Waals surface area (Å²) in [5, 5.41) is 9.57. The van der Waals surface area contributed by atoms with E-state index in [9.17, 15) is 9.59 Å². The molecule has 0 heterocycles. The highest BCUT2D eigenvalue weighted by molar-refractivity contribution is 6.31. The highest BCUT2D eigenvalue weighted by Gasteiger charge is 2.24. The van der Waals surface area contributed by atoms with E-state index < -0.39 is 11.9 Å². The molecule has 1 atom stereocenters. The predicted octanol–water partition coefficient (Wildman–Crippen LogP) is 5.99. The SMILES string of the molecule is COc1cc(C=NNC(=O)C(NC(=O)c2cccc(Cl)c2)C(C)C)ccc1OCc1cccc2ccccc12. The van der Waals surface area contributed by atoms with Crippen LogP contribution in [0.2, 0.25) is 5.02 Å². The first-order chi connectivity index (χ1) is 18.9. The number of nitrogens with zero attached hydrogens (tertiary/aromatic N) is 1. The largest absolute Gasteiger partial charge is 0.493 e. The van der Waals surface area contributed by atoms with Crippen LogP contribution in [0.15, 0.2) is 90.0 Å². The van der Waals surface area contributed by atoms with Gasteiger partial charge in [-0.05, 0) is 64.2 Å². The molecular weight excluding hydrogens is 514 g/mol. The molecule has 7 nitrogen and oxygen atoms in total. The van der Waals surface area contributed by atoms with Crippen molar-refractivity contribution < 1.29 is 19.1 Å². The zero-order chi connectivity index (χ0) is 27.8. The molecule has 0 aliphatic heterocycles. The van der Waals surface area contributed by atoms with Gasteiger partial charge in [-0.1, -0.05) is 74.0 Å². The van der Waals surface area contributed by atoms with E-state index >= 15 is 0 Å². The summed E-state index contributed by atoms with van der Waals surface area (Å²) in [6, 6.07) is 25.4. The number of amides is 2. The standard InChI is InChI=1S/C31H30ClN3O4/c1-20(2)29(34-30(36)23-10-7-12-25(32)17-23)31(37)35-33-18-21-14-15-27(28(16-21)38-3)39-19-24-11-6-9-22-8-4-5-13-26(22)24/h4-18,20,29H,19H2,1-3H3,(H,34,36)(H,35,37). The van der Waals surface area contributed by atoms with Gasteiger partial charge in [-0.2, -0.15) is 5.10 Å². The first kappa shape index (κ1) is 27.7. The van der Waals surface area contributed by atoms with Gasteiger partial charge in [0, 0.05) is 10.6 Å². The van der Waals surface area contributed by atoms with Crippen molar-refractivity contribution in [2.75, 3.05) is 7.11 Å². The van der Waals surface area contributed by atoms with Gasteiger partial charge in [0.05, 0.1) is 13.3 Å². The molecule has 0 aliphatic rings. The molecule has 0 saturated heterocycles. The highest BCUT2D eigenvalue weighted by Crippen LogP contribution is 2.29. The number of carbonyl (C=O) groups excluding carboxylic acids is 2. The second-order valence-electron chi connectivity index (χ2n) is 9.28. The maximum atomic E-state index is 12.8. The Hall–Kier alpha value is -4.36. The Labute approximate surface area is 232 Å². The van der Waals surface area contributed by atoms with Gasteiger partial charge in [-0.15, -0.1) is 0 Å². The lowest BCUT2D eigenvalue weighted by molar-refractivity contribution is -0.123. The van der Waals surface area contributed by atoms with E-state index in [1.165, 1.54) is 6.21 Å². The Bertz CT molecular complexity index is 1500. The minimum absolute atomic E-state index is 0.165. The molecule has 39 heavy (non-hydrogen) atoms. The van der Waals surface area contributed by atoms with Crippen molar-refractivity contribution in [3.63, 3.8) is 0 Å². The van der Waals surface area contributed by atoms with Crippen molar-refractivity contribution in [3.05, 3.63) is 107 Å². The van der Waals surface area contributed by atoms with Crippen LogP contribution in [0, 0.1) is 5.92 Å². The molecule has 0 saturated carbocycles. The molecule has 0 bridgehead atoms. The minimum atomic E-state index is -0.784. The summed E-state index contributed by atoms with van der Waals surface area (Å²) < 4.78 is 11.6. The maximum Gasteiger partial charge on any atom is 0.262 e. The number of halogens is 1. The first-order valence-corrected chi connectivity index (χ1v) is 12.9. The van der Waals surface area contributed by atoms with Gasteiger partial charge in [0.1, 0.15) is 12.6 Å². The molecule has 200 valence electrons. The summed E-state index contributed by atoms with van der Waals surface area (Å²) in [5.41, 5.74) is 4.67. The number of benzene rings is 4. The molecule has 1 unspecified atom stereocenters. The molecule has 2 N–H and O–H groups in total. The minimum Gasteiger partial charge on any atom is -0.493 e. The Morgan fingerprint density at radius 1 is 0.949 bits per heavy atom. The van der Waals surface area contributed by atoms with Crippen molar-refractivity contribution in [1.82, 2.24) is 10.7 Å². The van der Waals surface area contributed by atoms with Crippen LogP contribution in [0.3, 0.4) is 0 Å². The average Bonchev–Trinajstić information content (AvgIpc) is 2.94. The van der Waals surface area contributed by atoms with Gasteiger partial charge in [-0.25, -0.2) is 5.43 Å². The highest BCUT2D eigenvalue weighted by atomic mass is 35.5. The predicted molar refractivity (Wildman–Crippen MR) is 155 cm³/mol. The third-order valence-electron chi connectivity index (χ3n) is 6.16. The quantitative estimate of drug-likeness (QED) is 0.190. The van der Waals surface area contributed by atoms with Crippen LogP contribution in [0.1, 0.15) is 35.3 Å². The monoisotopic (exact) mass is 543 g/mol. The van der Waals surface area contributed by atoms with Gasteiger partial charge >= 0.3 is 0 Å². The van der Waals surface area contributed by atoms with Gasteiger partial charge in [0.15, 0.2) is 11.5 Å². The third-order valence-corrected chi connectivity index (χ3v) is 6.40. The summed E-state index contributed by atoms with van der Waals surface area (Å²) >= 11 is 5.98. The number of methoxy groups -OCH3 is 1. The molecule has 4 rings (SSSR count). The van der Waals surface area contributed by atoms with Gasteiger partial charge in [-0.3, -0.25) is 9.59 Å². The number of ether oxygens (including phenoxy) is 2. The molecule has 0 aliphatic carbocycles. The zero-order valence-electron chi connectivity index (χ0n) is 22.0. The van der Waals surface area contributed by atoms with Crippen molar-refractivity contribution >= 4 is 40.4 Å². The molecule has 2 amide bonds. The van der Waals surface area contributed by atoms with Gasteiger partial charge in [0.2, 0.25) is 0 Å². The lowest BCUT2D eigenvalue weighted by Crippen LogP contribution is -2.48. The van der Waals surface area contributed by atoms with Crippen molar-refractivity contribution in [1.29, 1.82) is 0 Å². The summed E-state index contributed by atoms with van der Waals surface area (Å²) in [6.45, 7) is 4.07. The van der Waals surface area contributed by atoms with E-state index in [-0.39, 0.29) is 11.8 Å². The van der Waals surface area contributed by atoms with E-state index in [0.717, 1.165) is 16.3 Å². The number of nitrogens with one attached hydrogen (secondary N) is 2. The number of hydrogen-bond acceptors (Lipinski definition) is 5. The van der Waals surface area contributed by atoms with Crippen LogP contribution < -0.4 is 20.2 Å². The second kappa shape index (κ2) is 12.9. The van der Waals surface area contributed by atoms with Crippen molar-refractivity contribution in [2.24, 2.45) is 11.0 Å². The number of carbonyl (C=O) groups is 2. The average molecular weight is 544 g/mol. The molecule has 4 aromatic rings. The topological polar surface area (TPSA) is 89.0 Å². The van der Waals surface area contributed by atoms with Crippen LogP contribution in [0.5, 0.6) is 11.5 Å². The Kier molecular flexibility index (Phi) is 9.18.